The van der Waals surface area contributed by atoms with Gasteiger partial charge in [0.05, 0.1) is 0 Å². The summed E-state index contributed by atoms with van der Waals surface area (Å²) in [5.41, 5.74) is 2.59. The highest BCUT2D eigenvalue weighted by molar-refractivity contribution is 5.98. The quantitative estimate of drug-likeness (QED) is 0.768. The maximum absolute atomic E-state index is 12.6. The molecule has 3 aromatic rings. The van der Waals surface area contributed by atoms with E-state index in [-0.39, 0.29) is 17.0 Å². The number of nitriles is 1. The first kappa shape index (κ1) is 17.4. The van der Waals surface area contributed by atoms with E-state index in [2.05, 4.69) is 11.4 Å². The summed E-state index contributed by atoms with van der Waals surface area (Å²) in [6.07, 6.45) is 3.54. The van der Waals surface area contributed by atoms with Crippen molar-refractivity contribution in [2.75, 3.05) is 19.0 Å². The molecule has 26 heavy (non-hydrogen) atoms. The molecular formula is C20H20N4O2. The van der Waals surface area contributed by atoms with Crippen LogP contribution in [0.2, 0.25) is 0 Å². The van der Waals surface area contributed by atoms with Crippen LogP contribution in [0, 0.1) is 18.3 Å². The number of nitrogens with one attached hydrogen (secondary N) is 1. The molecule has 6 nitrogen and oxygen atoms in total. The first-order chi connectivity index (χ1) is 12.5. The van der Waals surface area contributed by atoms with Gasteiger partial charge in [0.25, 0.3) is 5.91 Å². The van der Waals surface area contributed by atoms with Crippen LogP contribution in [-0.2, 0) is 6.54 Å². The molecule has 0 radical (unpaired) electrons. The van der Waals surface area contributed by atoms with Crippen molar-refractivity contribution in [2.45, 2.75) is 13.5 Å². The number of aryl methyl sites for hydroxylation is 1. The van der Waals surface area contributed by atoms with Crippen LogP contribution in [0.3, 0.4) is 0 Å². The van der Waals surface area contributed by atoms with E-state index in [1.54, 1.807) is 23.9 Å². The second kappa shape index (κ2) is 7.19. The molecule has 0 saturated carbocycles. The van der Waals surface area contributed by atoms with Crippen molar-refractivity contribution in [3.05, 3.63) is 71.2 Å². The molecular weight excluding hydrogens is 328 g/mol. The third-order valence-corrected chi connectivity index (χ3v) is 4.15. The van der Waals surface area contributed by atoms with Gasteiger partial charge < -0.3 is 14.6 Å². The van der Waals surface area contributed by atoms with Gasteiger partial charge in [0.15, 0.2) is 0 Å². The molecule has 2 aromatic heterocycles. The summed E-state index contributed by atoms with van der Waals surface area (Å²) in [5, 5.41) is 12.4. The third kappa shape index (κ3) is 3.33. The lowest BCUT2D eigenvalue weighted by atomic mass is 10.1. The molecule has 0 atom stereocenters. The summed E-state index contributed by atoms with van der Waals surface area (Å²) >= 11 is 0. The minimum Gasteiger partial charge on any atom is -0.443 e. The monoisotopic (exact) mass is 348 g/mol. The van der Waals surface area contributed by atoms with Gasteiger partial charge in [-0.25, -0.2) is 0 Å². The van der Waals surface area contributed by atoms with Crippen molar-refractivity contribution in [3.63, 3.8) is 0 Å². The van der Waals surface area contributed by atoms with E-state index in [0.29, 0.717) is 18.2 Å². The van der Waals surface area contributed by atoms with Crippen LogP contribution in [0.15, 0.2) is 53.2 Å². The second-order valence-electron chi connectivity index (χ2n) is 6.16. The maximum Gasteiger partial charge on any atom is 0.256 e. The highest BCUT2D eigenvalue weighted by Gasteiger charge is 2.24. The Hall–Kier alpha value is -3.46. The Morgan fingerprint density at radius 2 is 1.88 bits per heavy atom. The predicted octanol–water partition coefficient (Wildman–Crippen LogP) is 3.25. The molecule has 132 valence electrons. The first-order valence-electron chi connectivity index (χ1n) is 8.22. The Morgan fingerprint density at radius 1 is 1.23 bits per heavy atom. The molecule has 1 aromatic carbocycles. The van der Waals surface area contributed by atoms with E-state index in [0.717, 1.165) is 11.3 Å². The number of anilines is 1. The zero-order chi connectivity index (χ0) is 18.7. The predicted molar refractivity (Wildman–Crippen MR) is 99.4 cm³/mol. The molecule has 0 fully saturated rings. The smallest absolute Gasteiger partial charge is 0.256 e. The maximum atomic E-state index is 12.6. The summed E-state index contributed by atoms with van der Waals surface area (Å²) in [6.45, 7) is 2.06. The second-order valence-corrected chi connectivity index (χ2v) is 6.16. The van der Waals surface area contributed by atoms with E-state index in [9.17, 15) is 10.1 Å². The van der Waals surface area contributed by atoms with Gasteiger partial charge >= 0.3 is 0 Å². The van der Waals surface area contributed by atoms with Gasteiger partial charge in [0.1, 0.15) is 23.0 Å². The minimum absolute atomic E-state index is 0.235. The van der Waals surface area contributed by atoms with Crippen molar-refractivity contribution in [2.24, 2.45) is 0 Å². The lowest BCUT2D eigenvalue weighted by molar-refractivity contribution is 0.0949. The van der Waals surface area contributed by atoms with E-state index < -0.39 is 0 Å². The van der Waals surface area contributed by atoms with Crippen LogP contribution in [0.4, 0.5) is 5.69 Å². The molecule has 0 aliphatic heterocycles. The third-order valence-electron chi connectivity index (χ3n) is 4.15. The number of carbonyl (C=O) groups excluding carboxylic acids is 1. The fraction of sp³-hybridized carbons (Fsp3) is 0.200. The molecule has 2 heterocycles. The molecule has 0 unspecified atom stereocenters. The topological polar surface area (TPSA) is 74.2 Å². The molecule has 0 aliphatic carbocycles. The van der Waals surface area contributed by atoms with Gasteiger partial charge in [0.2, 0.25) is 5.88 Å². The van der Waals surface area contributed by atoms with Gasteiger partial charge in [-0.05, 0) is 36.8 Å². The average Bonchev–Trinajstić information content (AvgIpc) is 3.27. The van der Waals surface area contributed by atoms with Crippen molar-refractivity contribution in [1.82, 2.24) is 9.88 Å². The average molecular weight is 348 g/mol. The summed E-state index contributed by atoms with van der Waals surface area (Å²) < 4.78 is 7.35. The number of hydrogen-bond acceptors (Lipinski definition) is 4. The molecule has 1 N–H and O–H groups in total. The van der Waals surface area contributed by atoms with Crippen LogP contribution in [0.1, 0.15) is 27.2 Å². The lowest BCUT2D eigenvalue weighted by Gasteiger charge is -2.13. The zero-order valence-electron chi connectivity index (χ0n) is 15.0. The van der Waals surface area contributed by atoms with Crippen LogP contribution in [0.25, 0.3) is 5.88 Å². The summed E-state index contributed by atoms with van der Waals surface area (Å²) in [5.74, 6) is 0.457. The van der Waals surface area contributed by atoms with Crippen molar-refractivity contribution in [1.29, 1.82) is 5.26 Å². The number of furan rings is 1. The van der Waals surface area contributed by atoms with Crippen molar-refractivity contribution >= 4 is 11.6 Å². The Labute approximate surface area is 152 Å². The standard InChI is InChI=1S/C20H20N4O2/c1-14-18(17(12-21)20(26-14)24-10-4-5-11-24)19(25)22-13-15-6-8-16(9-7-15)23(2)3/h4-11H,13H2,1-3H3,(H,22,25). The Kier molecular flexibility index (Phi) is 4.81. The van der Waals surface area contributed by atoms with Gasteiger partial charge in [-0.2, -0.15) is 5.26 Å². The lowest BCUT2D eigenvalue weighted by Crippen LogP contribution is -2.24. The number of aromatic nitrogens is 1. The Morgan fingerprint density at radius 3 is 2.46 bits per heavy atom. The summed E-state index contributed by atoms with van der Waals surface area (Å²) in [7, 11) is 3.95. The molecule has 6 heteroatoms. The highest BCUT2D eigenvalue weighted by atomic mass is 16.4. The SMILES string of the molecule is Cc1oc(-n2cccc2)c(C#N)c1C(=O)NCc1ccc(N(C)C)cc1. The van der Waals surface area contributed by atoms with Crippen LogP contribution in [0.5, 0.6) is 0 Å². The molecule has 3 rings (SSSR count). The molecule has 1 amide bonds. The molecule has 0 aliphatic rings. The van der Waals surface area contributed by atoms with E-state index in [1.807, 2.05) is 55.4 Å². The fourth-order valence-electron chi connectivity index (χ4n) is 2.74. The number of amides is 1. The highest BCUT2D eigenvalue weighted by Crippen LogP contribution is 2.25. The minimum atomic E-state index is -0.321. The number of benzene rings is 1. The van der Waals surface area contributed by atoms with Gasteiger partial charge in [-0.1, -0.05) is 12.1 Å². The number of carbonyl (C=O) groups is 1. The van der Waals surface area contributed by atoms with Gasteiger partial charge in [-0.15, -0.1) is 0 Å². The summed E-state index contributed by atoms with van der Waals surface area (Å²) in [4.78, 5) is 14.6. The van der Waals surface area contributed by atoms with Crippen LogP contribution < -0.4 is 10.2 Å². The number of nitrogens with zero attached hydrogens (tertiary/aromatic N) is 3. The fourth-order valence-corrected chi connectivity index (χ4v) is 2.74. The van der Waals surface area contributed by atoms with E-state index in [1.165, 1.54) is 0 Å². The van der Waals surface area contributed by atoms with E-state index in [4.69, 9.17) is 4.42 Å². The molecule has 0 bridgehead atoms. The van der Waals surface area contributed by atoms with Crippen molar-refractivity contribution in [3.8, 4) is 12.0 Å². The Bertz CT molecular complexity index is 945. The molecule has 0 spiro atoms. The van der Waals surface area contributed by atoms with E-state index >= 15 is 0 Å². The Balaban J connectivity index is 1.79. The largest absolute Gasteiger partial charge is 0.443 e. The van der Waals surface area contributed by atoms with Gasteiger partial charge in [0, 0.05) is 38.7 Å². The van der Waals surface area contributed by atoms with Crippen molar-refractivity contribution < 1.29 is 9.21 Å². The number of hydrogen-bond donors (Lipinski definition) is 1. The zero-order valence-corrected chi connectivity index (χ0v) is 15.0. The first-order valence-corrected chi connectivity index (χ1v) is 8.22. The summed E-state index contributed by atoms with van der Waals surface area (Å²) in [6, 6.07) is 13.7. The van der Waals surface area contributed by atoms with Crippen LogP contribution >= 0.6 is 0 Å². The van der Waals surface area contributed by atoms with Crippen LogP contribution in [-0.4, -0.2) is 24.6 Å². The normalized spacial score (nSPS) is 10.4. The molecule has 0 saturated heterocycles. The number of rotatable bonds is 5. The van der Waals surface area contributed by atoms with Gasteiger partial charge in [-0.3, -0.25) is 9.36 Å².